The summed E-state index contributed by atoms with van der Waals surface area (Å²) in [5.41, 5.74) is 7.48. The summed E-state index contributed by atoms with van der Waals surface area (Å²) in [5, 5.41) is 9.88. The summed E-state index contributed by atoms with van der Waals surface area (Å²) in [4.78, 5) is 2.42. The van der Waals surface area contributed by atoms with Crippen molar-refractivity contribution in [2.24, 2.45) is 0 Å². The maximum atomic E-state index is 6.40. The van der Waals surface area contributed by atoms with Gasteiger partial charge in [-0.15, -0.1) is 11.3 Å². The van der Waals surface area contributed by atoms with Crippen molar-refractivity contribution in [1.82, 2.24) is 0 Å². The van der Waals surface area contributed by atoms with Crippen molar-refractivity contribution in [2.45, 2.75) is 0 Å². The van der Waals surface area contributed by atoms with Gasteiger partial charge in [-0.2, -0.15) is 0 Å². The van der Waals surface area contributed by atoms with Crippen molar-refractivity contribution in [3.8, 4) is 11.1 Å². The molecule has 0 saturated heterocycles. The molecule has 0 fully saturated rings. The van der Waals surface area contributed by atoms with Gasteiger partial charge in [0.2, 0.25) is 0 Å². The van der Waals surface area contributed by atoms with E-state index in [-0.39, 0.29) is 0 Å². The third-order valence-electron chi connectivity index (χ3n) is 9.45. The molecule has 0 radical (unpaired) electrons. The number of hydrogen-bond acceptors (Lipinski definition) is 3. The summed E-state index contributed by atoms with van der Waals surface area (Å²) < 4.78 is 8.98. The van der Waals surface area contributed by atoms with Gasteiger partial charge in [0, 0.05) is 43.2 Å². The van der Waals surface area contributed by atoms with Gasteiger partial charge in [0.05, 0.1) is 10.4 Å². The summed E-state index contributed by atoms with van der Waals surface area (Å²) in [5.74, 6) is 0. The lowest BCUT2D eigenvalue weighted by molar-refractivity contribution is 0.670. The predicted molar refractivity (Wildman–Crippen MR) is 202 cm³/mol. The van der Waals surface area contributed by atoms with Crippen LogP contribution in [0.1, 0.15) is 0 Å². The van der Waals surface area contributed by atoms with Gasteiger partial charge >= 0.3 is 0 Å². The van der Waals surface area contributed by atoms with Gasteiger partial charge in [0.15, 0.2) is 0 Å². The predicted octanol–water partition coefficient (Wildman–Crippen LogP) is 13.4. The number of anilines is 3. The number of fused-ring (bicyclic) bond motifs is 9. The highest BCUT2D eigenvalue weighted by Gasteiger charge is 2.19. The van der Waals surface area contributed by atoms with Crippen LogP contribution >= 0.6 is 11.3 Å². The highest BCUT2D eigenvalue weighted by molar-refractivity contribution is 7.26. The molecule has 0 aliphatic carbocycles. The van der Waals surface area contributed by atoms with Gasteiger partial charge < -0.3 is 9.32 Å². The third kappa shape index (κ3) is 4.10. The van der Waals surface area contributed by atoms with E-state index >= 15 is 0 Å². The fraction of sp³-hybridized carbons (Fsp3) is 0. The molecule has 2 nitrogen and oxygen atoms in total. The standard InChI is InChI=1S/C44H27NOS/c1-2-10-33-28(9-1)19-20-30-23-26-32(27-39(30)33)45(40-16-8-15-38-36-12-4-6-18-42(36)47-44(38)40)31-24-21-29(22-25-31)34-13-7-14-37-35-11-3-5-17-41(35)46-43(34)37/h1-27H. The number of para-hydroxylation sites is 2. The minimum atomic E-state index is 0.915. The lowest BCUT2D eigenvalue weighted by Gasteiger charge is -2.27. The van der Waals surface area contributed by atoms with Crippen LogP contribution in [0.25, 0.3) is 74.8 Å². The van der Waals surface area contributed by atoms with Crippen molar-refractivity contribution in [2.75, 3.05) is 4.90 Å². The number of rotatable bonds is 4. The molecule has 3 heteroatoms. The van der Waals surface area contributed by atoms with Crippen molar-refractivity contribution < 1.29 is 4.42 Å². The molecule has 8 aromatic carbocycles. The van der Waals surface area contributed by atoms with E-state index in [4.69, 9.17) is 4.42 Å². The molecule has 47 heavy (non-hydrogen) atoms. The van der Waals surface area contributed by atoms with Gasteiger partial charge in [-0.3, -0.25) is 0 Å². The molecule has 0 aliphatic heterocycles. The lowest BCUT2D eigenvalue weighted by atomic mass is 10.00. The van der Waals surface area contributed by atoms with E-state index in [2.05, 4.69) is 157 Å². The molecule has 0 spiro atoms. The van der Waals surface area contributed by atoms with Crippen LogP contribution in [0.15, 0.2) is 168 Å². The molecule has 10 rings (SSSR count). The van der Waals surface area contributed by atoms with Crippen LogP contribution in [0.4, 0.5) is 17.1 Å². The zero-order valence-electron chi connectivity index (χ0n) is 25.4. The topological polar surface area (TPSA) is 16.4 Å². The molecule has 0 bridgehead atoms. The Hall–Kier alpha value is -5.90. The summed E-state index contributed by atoms with van der Waals surface area (Å²) in [6.07, 6.45) is 0. The van der Waals surface area contributed by atoms with Crippen molar-refractivity contribution in [1.29, 1.82) is 0 Å². The van der Waals surface area contributed by atoms with E-state index in [1.54, 1.807) is 0 Å². The number of furan rings is 1. The minimum Gasteiger partial charge on any atom is -0.455 e. The Bertz CT molecular complexity index is 2810. The average Bonchev–Trinajstić information content (AvgIpc) is 3.71. The second kappa shape index (κ2) is 10.3. The van der Waals surface area contributed by atoms with Gasteiger partial charge in [-0.25, -0.2) is 0 Å². The Morgan fingerprint density at radius 2 is 1.11 bits per heavy atom. The van der Waals surface area contributed by atoms with Crippen molar-refractivity contribution in [3.05, 3.63) is 164 Å². The molecule has 0 unspecified atom stereocenters. The number of nitrogens with zero attached hydrogens (tertiary/aromatic N) is 1. The highest BCUT2D eigenvalue weighted by Crippen LogP contribution is 2.46. The van der Waals surface area contributed by atoms with Gasteiger partial charge in [0.1, 0.15) is 11.2 Å². The van der Waals surface area contributed by atoms with E-state index in [0.717, 1.165) is 44.4 Å². The molecule has 2 heterocycles. The number of benzene rings is 8. The molecule has 2 aromatic heterocycles. The van der Waals surface area contributed by atoms with Crippen LogP contribution in [0.2, 0.25) is 0 Å². The van der Waals surface area contributed by atoms with Crippen molar-refractivity contribution in [3.63, 3.8) is 0 Å². The number of thiophene rings is 1. The van der Waals surface area contributed by atoms with E-state index in [0.29, 0.717) is 0 Å². The Labute approximate surface area is 275 Å². The Morgan fingerprint density at radius 3 is 2.00 bits per heavy atom. The van der Waals surface area contributed by atoms with Crippen LogP contribution in [-0.2, 0) is 0 Å². The summed E-state index contributed by atoms with van der Waals surface area (Å²) in [7, 11) is 0. The van der Waals surface area contributed by atoms with Crippen LogP contribution in [0.3, 0.4) is 0 Å². The Balaban J connectivity index is 1.19. The van der Waals surface area contributed by atoms with E-state index in [1.165, 1.54) is 47.4 Å². The maximum Gasteiger partial charge on any atom is 0.143 e. The summed E-state index contributed by atoms with van der Waals surface area (Å²) in [6.45, 7) is 0. The first-order valence-corrected chi connectivity index (χ1v) is 16.7. The van der Waals surface area contributed by atoms with E-state index in [9.17, 15) is 0 Å². The maximum absolute atomic E-state index is 6.40. The Kier molecular flexibility index (Phi) is 5.78. The summed E-state index contributed by atoms with van der Waals surface area (Å²) >= 11 is 1.86. The van der Waals surface area contributed by atoms with Crippen LogP contribution in [0.5, 0.6) is 0 Å². The number of hydrogen-bond donors (Lipinski definition) is 0. The minimum absolute atomic E-state index is 0.915. The highest BCUT2D eigenvalue weighted by atomic mass is 32.1. The third-order valence-corrected chi connectivity index (χ3v) is 10.7. The van der Waals surface area contributed by atoms with Gasteiger partial charge in [-0.05, 0) is 69.6 Å². The first-order chi connectivity index (χ1) is 23.3. The molecule has 0 amide bonds. The molecule has 0 N–H and O–H groups in total. The SMILES string of the molecule is c1ccc2c(c1)ccc1ccc(N(c3ccc(-c4cccc5c4oc4ccccc45)cc3)c3cccc4c3sc3ccccc34)cc12. The first-order valence-electron chi connectivity index (χ1n) is 15.9. The zero-order chi connectivity index (χ0) is 30.9. The molecule has 220 valence electrons. The molecule has 0 atom stereocenters. The van der Waals surface area contributed by atoms with Crippen LogP contribution < -0.4 is 4.90 Å². The van der Waals surface area contributed by atoms with Crippen LogP contribution in [0, 0.1) is 0 Å². The zero-order valence-corrected chi connectivity index (χ0v) is 26.2. The smallest absolute Gasteiger partial charge is 0.143 e. The second-order valence-electron chi connectivity index (χ2n) is 12.1. The van der Waals surface area contributed by atoms with Gasteiger partial charge in [0.25, 0.3) is 0 Å². The Morgan fingerprint density at radius 1 is 0.447 bits per heavy atom. The summed E-state index contributed by atoms with van der Waals surface area (Å²) in [6, 6.07) is 59.1. The fourth-order valence-corrected chi connectivity index (χ4v) is 8.44. The van der Waals surface area contributed by atoms with Crippen LogP contribution in [-0.4, -0.2) is 0 Å². The molecule has 10 aromatic rings. The van der Waals surface area contributed by atoms with Crippen molar-refractivity contribution >= 4 is 92.1 Å². The molecular weight excluding hydrogens is 591 g/mol. The normalized spacial score (nSPS) is 11.8. The fourth-order valence-electron chi connectivity index (χ4n) is 7.23. The monoisotopic (exact) mass is 617 g/mol. The molecule has 0 saturated carbocycles. The van der Waals surface area contributed by atoms with Gasteiger partial charge in [-0.1, -0.05) is 121 Å². The quantitative estimate of drug-likeness (QED) is 0.183. The lowest BCUT2D eigenvalue weighted by Crippen LogP contribution is -2.10. The molecule has 0 aliphatic rings. The first kappa shape index (κ1) is 26.3. The molecular formula is C44H27NOS. The second-order valence-corrected chi connectivity index (χ2v) is 13.2. The van der Waals surface area contributed by atoms with E-state index < -0.39 is 0 Å². The largest absolute Gasteiger partial charge is 0.455 e. The average molecular weight is 618 g/mol. The van der Waals surface area contributed by atoms with E-state index in [1.807, 2.05) is 23.5 Å².